The van der Waals surface area contributed by atoms with E-state index in [1.807, 2.05) is 37.3 Å². The standard InChI is InChI=1S/C12H16N2O2S/c1-2-17-12(16)14(9-8-11(13)15)10-6-4-3-5-7-10/h3-7H,2,8-9H2,1H3,(H2,13,15). The van der Waals surface area contributed by atoms with E-state index in [1.165, 1.54) is 11.8 Å². The number of anilines is 1. The third kappa shape index (κ3) is 4.48. The van der Waals surface area contributed by atoms with Gasteiger partial charge in [0.05, 0.1) is 0 Å². The molecule has 0 saturated heterocycles. The van der Waals surface area contributed by atoms with Gasteiger partial charge in [-0.15, -0.1) is 0 Å². The van der Waals surface area contributed by atoms with E-state index >= 15 is 0 Å². The lowest BCUT2D eigenvalue weighted by atomic mass is 10.3. The van der Waals surface area contributed by atoms with Gasteiger partial charge < -0.3 is 10.6 Å². The van der Waals surface area contributed by atoms with Crippen LogP contribution in [0, 0.1) is 0 Å². The molecule has 0 radical (unpaired) electrons. The van der Waals surface area contributed by atoms with E-state index in [4.69, 9.17) is 5.73 Å². The molecule has 92 valence electrons. The summed E-state index contributed by atoms with van der Waals surface area (Å²) in [5, 5.41) is -0.0556. The van der Waals surface area contributed by atoms with Gasteiger partial charge in [-0.05, 0) is 17.9 Å². The first-order valence-electron chi connectivity index (χ1n) is 5.42. The Kier molecular flexibility index (Phi) is 5.56. The predicted molar refractivity (Wildman–Crippen MR) is 71.1 cm³/mol. The van der Waals surface area contributed by atoms with E-state index in [0.29, 0.717) is 12.3 Å². The highest BCUT2D eigenvalue weighted by Crippen LogP contribution is 2.19. The first-order chi connectivity index (χ1) is 8.15. The summed E-state index contributed by atoms with van der Waals surface area (Å²) >= 11 is 1.22. The Morgan fingerprint density at radius 2 is 1.94 bits per heavy atom. The van der Waals surface area contributed by atoms with Gasteiger partial charge in [0.15, 0.2) is 0 Å². The molecule has 2 amide bonds. The van der Waals surface area contributed by atoms with E-state index in [1.54, 1.807) is 4.90 Å². The minimum atomic E-state index is -0.403. The summed E-state index contributed by atoms with van der Waals surface area (Å²) in [6, 6.07) is 9.28. The number of para-hydroxylation sites is 1. The highest BCUT2D eigenvalue weighted by Gasteiger charge is 2.15. The van der Waals surface area contributed by atoms with Crippen molar-refractivity contribution < 1.29 is 9.59 Å². The van der Waals surface area contributed by atoms with Crippen LogP contribution in [0.2, 0.25) is 0 Å². The molecule has 0 aromatic heterocycles. The van der Waals surface area contributed by atoms with Crippen molar-refractivity contribution in [3.63, 3.8) is 0 Å². The zero-order valence-corrected chi connectivity index (χ0v) is 10.6. The summed E-state index contributed by atoms with van der Waals surface area (Å²) in [6.07, 6.45) is 0.172. The monoisotopic (exact) mass is 252 g/mol. The molecule has 0 bridgehead atoms. The Hall–Kier alpha value is -1.49. The van der Waals surface area contributed by atoms with E-state index in [0.717, 1.165) is 5.69 Å². The van der Waals surface area contributed by atoms with Gasteiger partial charge in [0, 0.05) is 18.7 Å². The Balaban J connectivity index is 2.78. The second-order valence-corrected chi connectivity index (χ2v) is 4.62. The van der Waals surface area contributed by atoms with Gasteiger partial charge in [0.25, 0.3) is 5.24 Å². The lowest BCUT2D eigenvalue weighted by Gasteiger charge is -2.21. The number of primary amides is 1. The Bertz CT molecular complexity index is 381. The lowest BCUT2D eigenvalue weighted by Crippen LogP contribution is -2.31. The molecular weight excluding hydrogens is 236 g/mol. The minimum absolute atomic E-state index is 0.0556. The molecule has 0 atom stereocenters. The van der Waals surface area contributed by atoms with Crippen molar-refractivity contribution >= 4 is 28.6 Å². The molecule has 0 heterocycles. The molecular formula is C12H16N2O2S. The predicted octanol–water partition coefficient (Wildman–Crippen LogP) is 2.24. The summed E-state index contributed by atoms with van der Waals surface area (Å²) in [4.78, 5) is 24.3. The largest absolute Gasteiger partial charge is 0.370 e. The number of nitrogens with zero attached hydrogens (tertiary/aromatic N) is 1. The maximum atomic E-state index is 11.9. The fourth-order valence-corrected chi connectivity index (χ4v) is 1.96. The van der Waals surface area contributed by atoms with Gasteiger partial charge >= 0.3 is 0 Å². The number of thioether (sulfide) groups is 1. The van der Waals surface area contributed by atoms with Gasteiger partial charge in [0.2, 0.25) is 5.91 Å². The summed E-state index contributed by atoms with van der Waals surface area (Å²) in [7, 11) is 0. The molecule has 0 aliphatic carbocycles. The molecule has 0 aliphatic rings. The third-order valence-electron chi connectivity index (χ3n) is 2.14. The molecule has 2 N–H and O–H groups in total. The van der Waals surface area contributed by atoms with Crippen LogP contribution in [-0.2, 0) is 4.79 Å². The van der Waals surface area contributed by atoms with Crippen LogP contribution in [0.4, 0.5) is 10.5 Å². The number of nitrogens with two attached hydrogens (primary N) is 1. The summed E-state index contributed by atoms with van der Waals surface area (Å²) in [5.41, 5.74) is 5.90. The number of carbonyl (C=O) groups is 2. The van der Waals surface area contributed by atoms with Gasteiger partial charge in [-0.3, -0.25) is 9.59 Å². The maximum Gasteiger partial charge on any atom is 0.286 e. The van der Waals surface area contributed by atoms with Crippen molar-refractivity contribution in [3.8, 4) is 0 Å². The van der Waals surface area contributed by atoms with Crippen molar-refractivity contribution in [2.45, 2.75) is 13.3 Å². The highest BCUT2D eigenvalue weighted by molar-refractivity contribution is 8.13. The van der Waals surface area contributed by atoms with Crippen molar-refractivity contribution in [1.29, 1.82) is 0 Å². The van der Waals surface area contributed by atoms with E-state index in [9.17, 15) is 9.59 Å². The van der Waals surface area contributed by atoms with Crippen molar-refractivity contribution in [2.24, 2.45) is 5.73 Å². The van der Waals surface area contributed by atoms with Crippen LogP contribution in [0.3, 0.4) is 0 Å². The molecule has 0 fully saturated rings. The summed E-state index contributed by atoms with van der Waals surface area (Å²) in [5.74, 6) is 0.305. The molecule has 1 aromatic rings. The maximum absolute atomic E-state index is 11.9. The van der Waals surface area contributed by atoms with Crippen molar-refractivity contribution in [3.05, 3.63) is 30.3 Å². The topological polar surface area (TPSA) is 63.4 Å². The Morgan fingerprint density at radius 3 is 2.47 bits per heavy atom. The van der Waals surface area contributed by atoms with Crippen LogP contribution in [0.5, 0.6) is 0 Å². The summed E-state index contributed by atoms with van der Waals surface area (Å²) < 4.78 is 0. The first kappa shape index (κ1) is 13.6. The number of rotatable bonds is 5. The molecule has 0 unspecified atom stereocenters. The number of amides is 2. The molecule has 5 heteroatoms. The van der Waals surface area contributed by atoms with Gasteiger partial charge in [0.1, 0.15) is 0 Å². The van der Waals surface area contributed by atoms with Crippen LogP contribution in [0.1, 0.15) is 13.3 Å². The third-order valence-corrected chi connectivity index (χ3v) is 2.89. The molecule has 0 saturated carbocycles. The second-order valence-electron chi connectivity index (χ2n) is 3.40. The Morgan fingerprint density at radius 1 is 1.29 bits per heavy atom. The number of carbonyl (C=O) groups excluding carboxylic acids is 2. The average Bonchev–Trinajstić information content (AvgIpc) is 2.30. The average molecular weight is 252 g/mol. The minimum Gasteiger partial charge on any atom is -0.370 e. The molecule has 4 nitrogen and oxygen atoms in total. The number of hydrogen-bond acceptors (Lipinski definition) is 3. The van der Waals surface area contributed by atoms with E-state index < -0.39 is 5.91 Å². The lowest BCUT2D eigenvalue weighted by molar-refractivity contribution is -0.117. The highest BCUT2D eigenvalue weighted by atomic mass is 32.2. The van der Waals surface area contributed by atoms with Crippen molar-refractivity contribution in [1.82, 2.24) is 0 Å². The van der Waals surface area contributed by atoms with Crippen LogP contribution < -0.4 is 10.6 Å². The zero-order chi connectivity index (χ0) is 12.7. The molecule has 1 rings (SSSR count). The quantitative estimate of drug-likeness (QED) is 0.874. The van der Waals surface area contributed by atoms with Crippen molar-refractivity contribution in [2.75, 3.05) is 17.2 Å². The molecule has 1 aromatic carbocycles. The fraction of sp³-hybridized carbons (Fsp3) is 0.333. The first-order valence-corrected chi connectivity index (χ1v) is 6.41. The smallest absolute Gasteiger partial charge is 0.286 e. The molecule has 0 aliphatic heterocycles. The second kappa shape index (κ2) is 6.96. The zero-order valence-electron chi connectivity index (χ0n) is 9.76. The van der Waals surface area contributed by atoms with Crippen LogP contribution in [0.15, 0.2) is 30.3 Å². The molecule has 0 spiro atoms. The van der Waals surface area contributed by atoms with Crippen LogP contribution in [0.25, 0.3) is 0 Å². The van der Waals surface area contributed by atoms with Gasteiger partial charge in [-0.25, -0.2) is 0 Å². The van der Waals surface area contributed by atoms with Crippen LogP contribution in [-0.4, -0.2) is 23.4 Å². The number of benzene rings is 1. The SMILES string of the molecule is CCSC(=O)N(CCC(N)=O)c1ccccc1. The van der Waals surface area contributed by atoms with E-state index in [2.05, 4.69) is 0 Å². The summed E-state index contributed by atoms with van der Waals surface area (Å²) in [6.45, 7) is 2.24. The van der Waals surface area contributed by atoms with E-state index in [-0.39, 0.29) is 11.7 Å². The molecule has 17 heavy (non-hydrogen) atoms. The van der Waals surface area contributed by atoms with Gasteiger partial charge in [-0.2, -0.15) is 0 Å². The number of hydrogen-bond donors (Lipinski definition) is 1. The normalized spacial score (nSPS) is 9.94. The Labute approximate surface area is 105 Å². The fourth-order valence-electron chi connectivity index (χ4n) is 1.36. The van der Waals surface area contributed by atoms with Crippen LogP contribution >= 0.6 is 11.8 Å². The van der Waals surface area contributed by atoms with Gasteiger partial charge in [-0.1, -0.05) is 36.9 Å².